The molecule has 1 heterocycles. The predicted molar refractivity (Wildman–Crippen MR) is 82.3 cm³/mol. The van der Waals surface area contributed by atoms with Crippen molar-refractivity contribution in [1.82, 2.24) is 10.2 Å². The lowest BCUT2D eigenvalue weighted by Gasteiger charge is -2.06. The number of nitrogens with one attached hydrogen (secondary N) is 1. The number of unbranched alkanes of at least 4 members (excludes halogenated alkanes) is 1. The molecule has 1 aromatic heterocycles. The monoisotopic (exact) mass is 325 g/mol. The van der Waals surface area contributed by atoms with Crippen molar-refractivity contribution in [3.05, 3.63) is 41.4 Å². The highest BCUT2D eigenvalue weighted by Gasteiger charge is 2.19. The zero-order valence-electron chi connectivity index (χ0n) is 11.6. The number of hydrogen-bond donors (Lipinski definition) is 1. The van der Waals surface area contributed by atoms with Crippen LogP contribution in [-0.2, 0) is 9.84 Å². The van der Waals surface area contributed by atoms with Gasteiger partial charge in [0.15, 0.2) is 5.03 Å². The highest BCUT2D eigenvalue weighted by atomic mass is 35.5. The lowest BCUT2D eigenvalue weighted by Crippen LogP contribution is -2.08. The van der Waals surface area contributed by atoms with Crippen LogP contribution in [0.3, 0.4) is 0 Å². The molecule has 0 aliphatic carbocycles. The normalized spacial score (nSPS) is 11.3. The maximum Gasteiger partial charge on any atom is 0.225 e. The van der Waals surface area contributed by atoms with Crippen molar-refractivity contribution >= 4 is 27.3 Å². The van der Waals surface area contributed by atoms with Crippen LogP contribution in [0.4, 0.5) is 5.82 Å². The SMILES string of the molecule is CCCCNc1ccc(S(=O)(=O)c2ccc(Cl)cc2)nn1. The van der Waals surface area contributed by atoms with Crippen LogP contribution < -0.4 is 5.32 Å². The van der Waals surface area contributed by atoms with Gasteiger partial charge in [-0.25, -0.2) is 8.42 Å². The Hall–Kier alpha value is -1.66. The van der Waals surface area contributed by atoms with Gasteiger partial charge in [-0.15, -0.1) is 10.2 Å². The molecule has 21 heavy (non-hydrogen) atoms. The summed E-state index contributed by atoms with van der Waals surface area (Å²) < 4.78 is 24.7. The topological polar surface area (TPSA) is 72.0 Å². The van der Waals surface area contributed by atoms with Crippen LogP contribution in [0, 0.1) is 0 Å². The molecule has 0 saturated carbocycles. The quantitative estimate of drug-likeness (QED) is 0.826. The lowest BCUT2D eigenvalue weighted by atomic mass is 10.3. The van der Waals surface area contributed by atoms with Crippen LogP contribution in [0.1, 0.15) is 19.8 Å². The summed E-state index contributed by atoms with van der Waals surface area (Å²) in [5.41, 5.74) is 0. The van der Waals surface area contributed by atoms with Gasteiger partial charge in [0.25, 0.3) is 0 Å². The fourth-order valence-corrected chi connectivity index (χ4v) is 2.94. The molecule has 0 fully saturated rings. The number of nitrogens with zero attached hydrogens (tertiary/aromatic N) is 2. The van der Waals surface area contributed by atoms with Gasteiger partial charge < -0.3 is 5.32 Å². The van der Waals surface area contributed by atoms with Crippen molar-refractivity contribution in [3.8, 4) is 0 Å². The van der Waals surface area contributed by atoms with Gasteiger partial charge in [0.05, 0.1) is 4.90 Å². The fraction of sp³-hybridized carbons (Fsp3) is 0.286. The van der Waals surface area contributed by atoms with E-state index >= 15 is 0 Å². The Bertz CT molecular complexity index is 685. The molecule has 1 N–H and O–H groups in total. The Labute approximate surface area is 129 Å². The smallest absolute Gasteiger partial charge is 0.225 e. The highest BCUT2D eigenvalue weighted by Crippen LogP contribution is 2.21. The van der Waals surface area contributed by atoms with E-state index < -0.39 is 9.84 Å². The van der Waals surface area contributed by atoms with Gasteiger partial charge in [0, 0.05) is 11.6 Å². The standard InChI is InChI=1S/C14H16ClN3O2S/c1-2-3-10-16-13-8-9-14(18-17-13)21(19,20)12-6-4-11(15)5-7-12/h4-9H,2-3,10H2,1H3,(H,16,17). The molecule has 1 aromatic carbocycles. The zero-order valence-corrected chi connectivity index (χ0v) is 13.2. The van der Waals surface area contributed by atoms with Gasteiger partial charge >= 0.3 is 0 Å². The van der Waals surface area contributed by atoms with Crippen molar-refractivity contribution in [1.29, 1.82) is 0 Å². The molecule has 0 aliphatic rings. The third kappa shape index (κ3) is 3.92. The molecular formula is C14H16ClN3O2S. The van der Waals surface area contributed by atoms with Gasteiger partial charge in [-0.05, 0) is 42.8 Å². The summed E-state index contributed by atoms with van der Waals surface area (Å²) in [6.07, 6.45) is 2.09. The van der Waals surface area contributed by atoms with Crippen molar-refractivity contribution in [3.63, 3.8) is 0 Å². The number of benzene rings is 1. The van der Waals surface area contributed by atoms with E-state index in [0.29, 0.717) is 10.8 Å². The Morgan fingerprint density at radius 3 is 2.38 bits per heavy atom. The molecule has 0 atom stereocenters. The number of hydrogen-bond acceptors (Lipinski definition) is 5. The summed E-state index contributed by atoms with van der Waals surface area (Å²) >= 11 is 5.76. The van der Waals surface area contributed by atoms with Gasteiger partial charge in [0.2, 0.25) is 9.84 Å². The summed E-state index contributed by atoms with van der Waals surface area (Å²) in [6.45, 7) is 2.88. The molecule has 2 rings (SSSR count). The first kappa shape index (κ1) is 15.7. The Kier molecular flexibility index (Phi) is 5.14. The van der Waals surface area contributed by atoms with E-state index in [1.165, 1.54) is 30.3 Å². The molecule has 5 nitrogen and oxygen atoms in total. The van der Waals surface area contributed by atoms with Crippen molar-refractivity contribution < 1.29 is 8.42 Å². The van der Waals surface area contributed by atoms with Crippen LogP contribution in [-0.4, -0.2) is 25.2 Å². The third-order valence-corrected chi connectivity index (χ3v) is 4.79. The molecule has 7 heteroatoms. The van der Waals surface area contributed by atoms with Crippen molar-refractivity contribution in [2.75, 3.05) is 11.9 Å². The molecule has 0 bridgehead atoms. The lowest BCUT2D eigenvalue weighted by molar-refractivity contribution is 0.590. The molecule has 0 aliphatic heterocycles. The second kappa shape index (κ2) is 6.87. The first-order valence-electron chi connectivity index (χ1n) is 6.62. The Morgan fingerprint density at radius 1 is 1.10 bits per heavy atom. The minimum absolute atomic E-state index is 0.0779. The van der Waals surface area contributed by atoms with Crippen LogP contribution in [0.5, 0.6) is 0 Å². The molecule has 0 unspecified atom stereocenters. The maximum atomic E-state index is 12.4. The number of anilines is 1. The molecule has 0 spiro atoms. The van der Waals surface area contributed by atoms with E-state index in [9.17, 15) is 8.42 Å². The minimum atomic E-state index is -3.66. The molecule has 0 amide bonds. The molecule has 0 saturated heterocycles. The molecule has 2 aromatic rings. The average Bonchev–Trinajstić information content (AvgIpc) is 2.48. The molecular weight excluding hydrogens is 310 g/mol. The van der Waals surface area contributed by atoms with E-state index in [-0.39, 0.29) is 9.92 Å². The number of halogens is 1. The summed E-state index contributed by atoms with van der Waals surface area (Å²) in [7, 11) is -3.66. The average molecular weight is 326 g/mol. The summed E-state index contributed by atoms with van der Waals surface area (Å²) in [5.74, 6) is 0.568. The second-order valence-corrected chi connectivity index (χ2v) is 6.83. The first-order chi connectivity index (χ1) is 10.0. The first-order valence-corrected chi connectivity index (χ1v) is 8.48. The van der Waals surface area contributed by atoms with Gasteiger partial charge in [-0.1, -0.05) is 24.9 Å². The van der Waals surface area contributed by atoms with Crippen molar-refractivity contribution in [2.24, 2.45) is 0 Å². The van der Waals surface area contributed by atoms with E-state index in [0.717, 1.165) is 19.4 Å². The third-order valence-electron chi connectivity index (χ3n) is 2.88. The summed E-state index contributed by atoms with van der Waals surface area (Å²) in [5, 5.41) is 11.2. The zero-order chi connectivity index (χ0) is 15.3. The molecule has 0 radical (unpaired) electrons. The van der Waals surface area contributed by atoms with Crippen LogP contribution >= 0.6 is 11.6 Å². The van der Waals surface area contributed by atoms with Gasteiger partial charge in [0.1, 0.15) is 5.82 Å². The minimum Gasteiger partial charge on any atom is -0.369 e. The maximum absolute atomic E-state index is 12.4. The van der Waals surface area contributed by atoms with E-state index in [1.54, 1.807) is 6.07 Å². The number of aromatic nitrogens is 2. The molecule has 112 valence electrons. The van der Waals surface area contributed by atoms with Crippen LogP contribution in [0.2, 0.25) is 5.02 Å². The largest absolute Gasteiger partial charge is 0.369 e. The van der Waals surface area contributed by atoms with Crippen LogP contribution in [0.15, 0.2) is 46.3 Å². The van der Waals surface area contributed by atoms with Crippen LogP contribution in [0.25, 0.3) is 0 Å². The Balaban J connectivity index is 2.19. The predicted octanol–water partition coefficient (Wildman–Crippen LogP) is 3.17. The second-order valence-electron chi connectivity index (χ2n) is 4.49. The fourth-order valence-electron chi connectivity index (χ4n) is 1.69. The van der Waals surface area contributed by atoms with Gasteiger partial charge in [-0.2, -0.15) is 0 Å². The van der Waals surface area contributed by atoms with E-state index in [1.807, 2.05) is 0 Å². The van der Waals surface area contributed by atoms with E-state index in [4.69, 9.17) is 11.6 Å². The summed E-state index contributed by atoms with van der Waals surface area (Å²) in [6, 6.07) is 9.03. The van der Waals surface area contributed by atoms with Gasteiger partial charge in [-0.3, -0.25) is 0 Å². The van der Waals surface area contributed by atoms with E-state index in [2.05, 4.69) is 22.4 Å². The highest BCUT2D eigenvalue weighted by molar-refractivity contribution is 7.91. The number of sulfone groups is 1. The van der Waals surface area contributed by atoms with Crippen molar-refractivity contribution in [2.45, 2.75) is 29.7 Å². The Morgan fingerprint density at radius 2 is 1.81 bits per heavy atom. The summed E-state index contributed by atoms with van der Waals surface area (Å²) in [4.78, 5) is 0.146. The number of rotatable bonds is 6.